The summed E-state index contributed by atoms with van der Waals surface area (Å²) < 4.78 is 21.6. The number of nitrogens with one attached hydrogen (secondary N) is 3. The summed E-state index contributed by atoms with van der Waals surface area (Å²) >= 11 is 0. The van der Waals surface area contributed by atoms with E-state index in [0.717, 1.165) is 9.80 Å². The monoisotopic (exact) mass is 836 g/mol. The molecule has 0 bridgehead atoms. The van der Waals surface area contributed by atoms with Gasteiger partial charge >= 0.3 is 6.09 Å². The van der Waals surface area contributed by atoms with Crippen LogP contribution in [0.1, 0.15) is 45.1 Å². The highest BCUT2D eigenvalue weighted by Crippen LogP contribution is 2.38. The fourth-order valence-corrected chi connectivity index (χ4v) is 6.96. The molecule has 4 fully saturated rings. The molecule has 0 saturated carbocycles. The molecule has 1 aromatic rings. The Morgan fingerprint density at radius 2 is 1.63 bits per heavy atom. The smallest absolute Gasteiger partial charge is 0.409 e. The van der Waals surface area contributed by atoms with E-state index in [1.165, 1.54) is 18.2 Å². The van der Waals surface area contributed by atoms with Crippen LogP contribution in [0, 0.1) is 5.41 Å². The number of anilines is 1. The van der Waals surface area contributed by atoms with Crippen LogP contribution in [-0.4, -0.2) is 182 Å². The fraction of sp³-hybridized carbons (Fsp3) is 0.657. The van der Waals surface area contributed by atoms with Gasteiger partial charge in [0, 0.05) is 32.4 Å². The maximum Gasteiger partial charge on any atom is 0.409 e. The molecule has 324 valence electrons. The number of aliphatic hydroxyl groups excluding tert-OH is 7. The number of nitrogens with two attached hydrogens (primary N) is 1. The SMILES string of the molecule is [B]C1(NC(=O)OCc2ccc(OC3OC(CO)C(O)C(O)C3O)c(NC(=O)CCNC(=O)CCN3C(=O)CC(C)(CC)C3=O)c2)C(=O)N1C1C(CO)OC(N)C(O)C1O. The summed E-state index contributed by atoms with van der Waals surface area (Å²) in [6.45, 7) is 1.20. The van der Waals surface area contributed by atoms with Gasteiger partial charge < -0.3 is 76.0 Å². The van der Waals surface area contributed by atoms with Crippen LogP contribution < -0.4 is 26.4 Å². The van der Waals surface area contributed by atoms with Crippen molar-refractivity contribution < 1.29 is 83.5 Å². The molecular weight excluding hydrogens is 787 g/mol. The first-order chi connectivity index (χ1) is 27.8. The first-order valence-corrected chi connectivity index (χ1v) is 18.8. The predicted octanol–water partition coefficient (Wildman–Crippen LogP) is -5.47. The van der Waals surface area contributed by atoms with E-state index in [1.807, 2.05) is 0 Å². The van der Waals surface area contributed by atoms with E-state index in [4.69, 9.17) is 32.5 Å². The Balaban J connectivity index is 1.21. The Kier molecular flexibility index (Phi) is 14.2. The molecule has 0 spiro atoms. The average molecular weight is 837 g/mol. The number of nitrogens with zero attached hydrogens (tertiary/aromatic N) is 2. The molecule has 12 atom stereocenters. The minimum absolute atomic E-state index is 0.0540. The maximum atomic E-state index is 13.1. The van der Waals surface area contributed by atoms with E-state index >= 15 is 0 Å². The number of ether oxygens (including phenoxy) is 4. The third-order valence-electron chi connectivity index (χ3n) is 10.8. The van der Waals surface area contributed by atoms with Gasteiger partial charge in [-0.25, -0.2) is 4.79 Å². The zero-order chi connectivity index (χ0) is 43.6. The zero-order valence-electron chi connectivity index (χ0n) is 32.1. The molecule has 2 radical (unpaired) electrons. The summed E-state index contributed by atoms with van der Waals surface area (Å²) in [4.78, 5) is 78.0. The lowest BCUT2D eigenvalue weighted by Gasteiger charge is -2.42. The first-order valence-electron chi connectivity index (χ1n) is 18.8. The Morgan fingerprint density at radius 3 is 2.27 bits per heavy atom. The Morgan fingerprint density at radius 1 is 0.932 bits per heavy atom. The van der Waals surface area contributed by atoms with Crippen molar-refractivity contribution in [1.29, 1.82) is 0 Å². The van der Waals surface area contributed by atoms with Crippen LogP contribution in [0.3, 0.4) is 0 Å². The lowest BCUT2D eigenvalue weighted by atomic mass is 9.86. The van der Waals surface area contributed by atoms with Gasteiger partial charge in [-0.05, 0) is 24.1 Å². The van der Waals surface area contributed by atoms with E-state index in [1.54, 1.807) is 13.8 Å². The number of hydrogen-bond donors (Lipinski definition) is 11. The molecule has 12 unspecified atom stereocenters. The van der Waals surface area contributed by atoms with Crippen molar-refractivity contribution in [2.45, 2.75) is 113 Å². The van der Waals surface area contributed by atoms with Crippen molar-refractivity contribution in [1.82, 2.24) is 20.4 Å². The minimum atomic E-state index is -2.22. The molecule has 12 N–H and O–H groups in total. The molecule has 4 aliphatic heterocycles. The predicted molar refractivity (Wildman–Crippen MR) is 196 cm³/mol. The first kappa shape index (κ1) is 45.6. The number of benzene rings is 1. The number of imide groups is 1. The molecule has 4 heterocycles. The van der Waals surface area contributed by atoms with E-state index in [2.05, 4.69) is 16.0 Å². The van der Waals surface area contributed by atoms with Crippen molar-refractivity contribution in [3.63, 3.8) is 0 Å². The number of amides is 6. The molecule has 4 saturated heterocycles. The number of likely N-dealkylation sites (tertiary alicyclic amines) is 1. The largest absolute Gasteiger partial charge is 0.460 e. The summed E-state index contributed by atoms with van der Waals surface area (Å²) in [7, 11) is 6.06. The summed E-state index contributed by atoms with van der Waals surface area (Å²) in [5.41, 5.74) is 2.68. The second-order valence-electron chi connectivity index (χ2n) is 14.9. The summed E-state index contributed by atoms with van der Waals surface area (Å²) in [5, 5.41) is 78.2. The molecular formula is C35H49BN6O17. The molecule has 23 nitrogen and oxygen atoms in total. The van der Waals surface area contributed by atoms with Gasteiger partial charge in [-0.1, -0.05) is 19.9 Å². The van der Waals surface area contributed by atoms with Gasteiger partial charge in [0.25, 0.3) is 5.91 Å². The molecule has 1 aromatic carbocycles. The van der Waals surface area contributed by atoms with Crippen LogP contribution in [0.4, 0.5) is 10.5 Å². The third kappa shape index (κ3) is 9.61. The van der Waals surface area contributed by atoms with Gasteiger partial charge in [0.1, 0.15) is 69.2 Å². The summed E-state index contributed by atoms with van der Waals surface area (Å²) in [6.07, 6.45) is -15.5. The van der Waals surface area contributed by atoms with Crippen LogP contribution in [0.25, 0.3) is 0 Å². The Hall–Kier alpha value is -4.50. The summed E-state index contributed by atoms with van der Waals surface area (Å²) in [5.74, 6) is -2.99. The lowest BCUT2D eigenvalue weighted by molar-refractivity contribution is -0.277. The van der Waals surface area contributed by atoms with E-state index in [9.17, 15) is 64.5 Å². The number of aliphatic hydroxyl groups is 7. The molecule has 6 amide bonds. The van der Waals surface area contributed by atoms with Crippen molar-refractivity contribution in [3.8, 4) is 5.75 Å². The standard InChI is InChI=1S/C35H49BN6O17/c1-3-34(2)11-22(47)41(31(34)53)9-7-20(45)38-8-6-21(46)39-16-10-15(4-5-17(16)58-30-28(52)26(50)24(48)19(13-44)59-30)14-56-33(55)40-35(36)32(54)42(35)23-18(12-43)57-29(37)27(51)25(23)49/h4-5,10,18-19,23-30,43-44,48-52H,3,6-9,11-14,37H2,1-2H3,(H,38,45)(H,39,46)(H,40,55). The van der Waals surface area contributed by atoms with Crippen molar-refractivity contribution >= 4 is 49.2 Å². The molecule has 5 rings (SSSR count). The van der Waals surface area contributed by atoms with E-state index in [0.29, 0.717) is 6.42 Å². The van der Waals surface area contributed by atoms with E-state index in [-0.39, 0.29) is 61.2 Å². The normalized spacial score (nSPS) is 34.4. The van der Waals surface area contributed by atoms with Crippen LogP contribution in [-0.2, 0) is 44.8 Å². The average Bonchev–Trinajstić information content (AvgIpc) is 3.62. The number of hydrogen-bond acceptors (Lipinski definition) is 18. The van der Waals surface area contributed by atoms with Crippen LogP contribution in [0.5, 0.6) is 5.75 Å². The Labute approximate surface area is 338 Å². The van der Waals surface area contributed by atoms with Gasteiger partial charge in [-0.2, -0.15) is 0 Å². The lowest BCUT2D eigenvalue weighted by Crippen LogP contribution is -2.65. The quantitative estimate of drug-likeness (QED) is 0.0420. The number of carbonyl (C=O) groups is 6. The molecule has 59 heavy (non-hydrogen) atoms. The fourth-order valence-electron chi connectivity index (χ4n) is 6.96. The number of rotatable bonds is 16. The van der Waals surface area contributed by atoms with Crippen LogP contribution in [0.15, 0.2) is 18.2 Å². The van der Waals surface area contributed by atoms with Crippen molar-refractivity contribution in [3.05, 3.63) is 23.8 Å². The highest BCUT2D eigenvalue weighted by Gasteiger charge is 2.66. The summed E-state index contributed by atoms with van der Waals surface area (Å²) in [6, 6.07) is 2.52. The van der Waals surface area contributed by atoms with Gasteiger partial charge in [0.2, 0.25) is 29.9 Å². The molecule has 4 aliphatic rings. The molecule has 0 aliphatic carbocycles. The van der Waals surface area contributed by atoms with Crippen molar-refractivity contribution in [2.75, 3.05) is 31.6 Å². The highest BCUT2D eigenvalue weighted by atomic mass is 16.7. The van der Waals surface area contributed by atoms with Crippen molar-refractivity contribution in [2.24, 2.45) is 11.1 Å². The van der Waals surface area contributed by atoms with Gasteiger partial charge in [-0.15, -0.1) is 0 Å². The molecule has 24 heteroatoms. The second kappa shape index (κ2) is 18.4. The van der Waals surface area contributed by atoms with Crippen LogP contribution in [0.2, 0.25) is 0 Å². The Bertz CT molecular complexity index is 1770. The van der Waals surface area contributed by atoms with Gasteiger partial charge in [0.15, 0.2) is 5.56 Å². The topological polar surface area (TPSA) is 349 Å². The van der Waals surface area contributed by atoms with Crippen LogP contribution >= 0.6 is 0 Å². The second-order valence-corrected chi connectivity index (χ2v) is 14.9. The highest BCUT2D eigenvalue weighted by molar-refractivity contribution is 6.37. The van der Waals surface area contributed by atoms with E-state index < -0.39 is 116 Å². The maximum absolute atomic E-state index is 13.1. The minimum Gasteiger partial charge on any atom is -0.460 e. The van der Waals surface area contributed by atoms with Gasteiger partial charge in [-0.3, -0.25) is 34.2 Å². The third-order valence-corrected chi connectivity index (χ3v) is 10.8. The number of carbonyl (C=O) groups excluding carboxylic acids is 6. The van der Waals surface area contributed by atoms with Gasteiger partial charge in [0.05, 0.1) is 30.4 Å². The number of alkyl carbamates (subject to hydrolysis) is 1. The molecule has 0 aromatic heterocycles. The zero-order valence-corrected chi connectivity index (χ0v) is 32.1.